The number of nitrogen functional groups attached to an aromatic ring is 1. The number of fused-ring (bicyclic) bond motifs is 1. The van der Waals surface area contributed by atoms with Crippen molar-refractivity contribution < 1.29 is 8.42 Å². The second-order valence-electron chi connectivity index (χ2n) is 7.77. The van der Waals surface area contributed by atoms with E-state index in [1.54, 1.807) is 15.0 Å². The molecule has 0 unspecified atom stereocenters. The molecule has 2 fully saturated rings. The van der Waals surface area contributed by atoms with Gasteiger partial charge in [0.1, 0.15) is 11.6 Å². The van der Waals surface area contributed by atoms with Crippen molar-refractivity contribution in [3.8, 4) is 6.07 Å². The number of nitrogens with two attached hydrogens (primary N) is 1. The molecule has 1 saturated heterocycles. The van der Waals surface area contributed by atoms with Crippen LogP contribution in [0.15, 0.2) is 6.20 Å². The summed E-state index contributed by atoms with van der Waals surface area (Å²) in [6.45, 7) is 3.58. The third kappa shape index (κ3) is 4.20. The van der Waals surface area contributed by atoms with Crippen LogP contribution in [0, 0.1) is 11.3 Å². The Morgan fingerprint density at radius 1 is 1.28 bits per heavy atom. The normalized spacial score (nSPS) is 19.1. The predicted octanol–water partition coefficient (Wildman–Crippen LogP) is 3.10. The zero-order valence-electron chi connectivity index (χ0n) is 16.9. The highest BCUT2D eigenvalue weighted by molar-refractivity contribution is 7.88. The van der Waals surface area contributed by atoms with Crippen molar-refractivity contribution in [2.75, 3.05) is 25.1 Å². The topological polar surface area (TPSA) is 117 Å². The first-order valence-electron chi connectivity index (χ1n) is 9.92. The van der Waals surface area contributed by atoms with Crippen molar-refractivity contribution in [2.24, 2.45) is 0 Å². The number of rotatable bonds is 3. The van der Waals surface area contributed by atoms with E-state index in [1.807, 2.05) is 0 Å². The highest BCUT2D eigenvalue weighted by Gasteiger charge is 2.42. The summed E-state index contributed by atoms with van der Waals surface area (Å²) in [6, 6.07) is 2.22. The lowest BCUT2D eigenvalue weighted by atomic mass is 9.64. The van der Waals surface area contributed by atoms with Crippen LogP contribution in [-0.4, -0.2) is 46.7 Å². The van der Waals surface area contributed by atoms with Gasteiger partial charge in [0.2, 0.25) is 16.0 Å². The van der Waals surface area contributed by atoms with Gasteiger partial charge >= 0.3 is 0 Å². The van der Waals surface area contributed by atoms with Crippen molar-refractivity contribution in [1.82, 2.24) is 18.9 Å². The maximum absolute atomic E-state index is 10.9. The molecule has 2 aromatic rings. The molecule has 0 radical (unpaired) electrons. The van der Waals surface area contributed by atoms with Gasteiger partial charge in [0.15, 0.2) is 0 Å². The molecule has 1 saturated carbocycles. The number of nitrogens with zero attached hydrogens (tertiary/aromatic N) is 5. The van der Waals surface area contributed by atoms with Crippen molar-refractivity contribution in [1.29, 1.82) is 5.26 Å². The van der Waals surface area contributed by atoms with Crippen LogP contribution in [0.1, 0.15) is 63.1 Å². The highest BCUT2D eigenvalue weighted by Crippen LogP contribution is 2.49. The van der Waals surface area contributed by atoms with Crippen LogP contribution in [0.25, 0.3) is 5.52 Å². The Morgan fingerprint density at radius 3 is 2.38 bits per heavy atom. The van der Waals surface area contributed by atoms with E-state index in [0.29, 0.717) is 16.1 Å². The molecular formula is C19H27ClN6O2S. The van der Waals surface area contributed by atoms with Gasteiger partial charge in [-0.25, -0.2) is 22.2 Å². The number of aromatic nitrogens is 3. The van der Waals surface area contributed by atoms with E-state index in [2.05, 4.69) is 23.1 Å². The van der Waals surface area contributed by atoms with Gasteiger partial charge in [-0.1, -0.05) is 31.4 Å². The average molecular weight is 439 g/mol. The molecule has 1 aliphatic heterocycles. The molecule has 4 rings (SSSR count). The van der Waals surface area contributed by atoms with Gasteiger partial charge in [0.25, 0.3) is 0 Å². The Morgan fingerprint density at radius 2 is 1.93 bits per heavy atom. The first kappa shape index (κ1) is 21.8. The van der Waals surface area contributed by atoms with E-state index >= 15 is 0 Å². The smallest absolute Gasteiger partial charge is 0.238 e. The van der Waals surface area contributed by atoms with E-state index in [0.717, 1.165) is 50.9 Å². The van der Waals surface area contributed by atoms with Crippen LogP contribution < -0.4 is 5.73 Å². The van der Waals surface area contributed by atoms with Crippen LogP contribution in [0.5, 0.6) is 0 Å². The maximum atomic E-state index is 10.9. The number of anilines is 1. The lowest BCUT2D eigenvalue weighted by Gasteiger charge is -2.41. The summed E-state index contributed by atoms with van der Waals surface area (Å²) < 4.78 is 25.1. The molecule has 29 heavy (non-hydrogen) atoms. The standard InChI is InChI=1S/C13H14ClN5.C6H13NO2S/c1-2-13(4-3-5-13)11-8(6-15)10(14)9-7-17-12(16)18-19(9)11;1-10(8,9)7-5-3-2-4-6-7/h7H,2-5H2,1H3,(H2,16,18);2-6H2,1H3. The van der Waals surface area contributed by atoms with E-state index in [-0.39, 0.29) is 11.4 Å². The van der Waals surface area contributed by atoms with E-state index in [9.17, 15) is 13.7 Å². The Hall–Kier alpha value is -1.89. The molecule has 2 aliphatic rings. The lowest BCUT2D eigenvalue weighted by molar-refractivity contribution is 0.224. The number of sulfonamides is 1. The summed E-state index contributed by atoms with van der Waals surface area (Å²) in [4.78, 5) is 3.96. The van der Waals surface area contributed by atoms with Crippen LogP contribution in [0.2, 0.25) is 5.02 Å². The minimum Gasteiger partial charge on any atom is -0.367 e. The van der Waals surface area contributed by atoms with Crippen molar-refractivity contribution in [3.05, 3.63) is 22.5 Å². The monoisotopic (exact) mass is 438 g/mol. The Balaban J connectivity index is 0.000000204. The Labute approximate surface area is 176 Å². The molecule has 0 spiro atoms. The molecule has 158 valence electrons. The third-order valence-corrected chi connectivity index (χ3v) is 7.71. The second kappa shape index (κ2) is 8.46. The number of hydrogen-bond donors (Lipinski definition) is 1. The fraction of sp³-hybridized carbons (Fsp3) is 0.632. The predicted molar refractivity (Wildman–Crippen MR) is 113 cm³/mol. The molecule has 0 aromatic carbocycles. The van der Waals surface area contributed by atoms with Crippen LogP contribution in [-0.2, 0) is 15.4 Å². The van der Waals surface area contributed by atoms with Gasteiger partial charge in [-0.2, -0.15) is 5.26 Å². The number of halogens is 1. The molecule has 8 nitrogen and oxygen atoms in total. The highest BCUT2D eigenvalue weighted by atomic mass is 35.5. The van der Waals surface area contributed by atoms with Crippen LogP contribution >= 0.6 is 11.6 Å². The molecule has 10 heteroatoms. The molecule has 0 amide bonds. The van der Waals surface area contributed by atoms with Gasteiger partial charge < -0.3 is 5.73 Å². The summed E-state index contributed by atoms with van der Waals surface area (Å²) >= 11 is 6.29. The molecule has 0 atom stereocenters. The molecule has 2 N–H and O–H groups in total. The minimum atomic E-state index is -2.89. The first-order valence-corrected chi connectivity index (χ1v) is 12.1. The molecule has 2 aromatic heterocycles. The van der Waals surface area contributed by atoms with Gasteiger partial charge in [0.05, 0.1) is 28.7 Å². The minimum absolute atomic E-state index is 0.00190. The van der Waals surface area contributed by atoms with Crippen LogP contribution in [0.4, 0.5) is 5.95 Å². The van der Waals surface area contributed by atoms with Crippen molar-refractivity contribution in [3.63, 3.8) is 0 Å². The second-order valence-corrected chi connectivity index (χ2v) is 10.1. The summed E-state index contributed by atoms with van der Waals surface area (Å²) in [5.74, 6) is 0.190. The van der Waals surface area contributed by atoms with E-state index in [4.69, 9.17) is 17.3 Å². The van der Waals surface area contributed by atoms with E-state index in [1.165, 1.54) is 19.1 Å². The first-order chi connectivity index (χ1) is 13.7. The third-order valence-electron chi connectivity index (χ3n) is 6.03. The molecule has 3 heterocycles. The molecule has 0 bridgehead atoms. The SMILES string of the molecule is CCC1(c2c(C#N)c(Cl)c3cnc(N)nn23)CCC1.CS(=O)(=O)N1CCCCC1. The summed E-state index contributed by atoms with van der Waals surface area (Å²) in [5.41, 5.74) is 7.74. The number of nitriles is 1. The van der Waals surface area contributed by atoms with Gasteiger partial charge in [-0.15, -0.1) is 5.10 Å². The molecule has 1 aliphatic carbocycles. The quantitative estimate of drug-likeness (QED) is 0.786. The summed E-state index contributed by atoms with van der Waals surface area (Å²) in [6.07, 6.45) is 10.3. The summed E-state index contributed by atoms with van der Waals surface area (Å²) in [5, 5.41) is 14.1. The lowest BCUT2D eigenvalue weighted by Crippen LogP contribution is -2.35. The Kier molecular flexibility index (Phi) is 6.36. The van der Waals surface area contributed by atoms with Gasteiger partial charge in [-0.05, 0) is 32.1 Å². The summed E-state index contributed by atoms with van der Waals surface area (Å²) in [7, 11) is -2.89. The zero-order chi connectivity index (χ0) is 21.2. The van der Waals surface area contributed by atoms with Crippen molar-refractivity contribution >= 4 is 33.1 Å². The average Bonchev–Trinajstić information content (AvgIpc) is 2.94. The fourth-order valence-electron chi connectivity index (χ4n) is 4.17. The largest absolute Gasteiger partial charge is 0.367 e. The number of piperidine rings is 1. The van der Waals surface area contributed by atoms with Crippen molar-refractivity contribution in [2.45, 2.75) is 57.3 Å². The fourth-order valence-corrected chi connectivity index (χ4v) is 5.35. The molecular weight excluding hydrogens is 412 g/mol. The zero-order valence-corrected chi connectivity index (χ0v) is 18.4. The van der Waals surface area contributed by atoms with Crippen LogP contribution in [0.3, 0.4) is 0 Å². The Bertz CT molecular complexity index is 1030. The van der Waals surface area contributed by atoms with E-state index < -0.39 is 10.0 Å². The van der Waals surface area contributed by atoms with Gasteiger partial charge in [0, 0.05) is 18.5 Å². The van der Waals surface area contributed by atoms with Gasteiger partial charge in [-0.3, -0.25) is 0 Å². The number of hydrogen-bond acceptors (Lipinski definition) is 6. The maximum Gasteiger partial charge on any atom is 0.238 e.